The molecule has 0 amide bonds. The summed E-state index contributed by atoms with van der Waals surface area (Å²) in [6.45, 7) is 1.61. The number of carbonyl (C=O) groups is 1. The van der Waals surface area contributed by atoms with E-state index >= 15 is 0 Å². The van der Waals surface area contributed by atoms with Gasteiger partial charge in [-0.3, -0.25) is 4.79 Å². The van der Waals surface area contributed by atoms with Crippen molar-refractivity contribution in [1.82, 2.24) is 0 Å². The number of carbonyl (C=O) groups excluding carboxylic acids is 1. The fraction of sp³-hybridized carbons (Fsp3) is 0.222. The summed E-state index contributed by atoms with van der Waals surface area (Å²) < 4.78 is 17.9. The Morgan fingerprint density at radius 2 is 2.29 bits per heavy atom. The smallest absolute Gasteiger partial charge is 0.310 e. The second-order valence-electron chi connectivity index (χ2n) is 2.61. The lowest BCUT2D eigenvalue weighted by molar-refractivity contribution is -0.134. The Morgan fingerprint density at radius 1 is 1.64 bits per heavy atom. The molecule has 1 rings (SSSR count). The molecule has 5 heteroatoms. The van der Waals surface area contributed by atoms with Gasteiger partial charge in [-0.1, -0.05) is 18.5 Å². The molecule has 0 aromatic heterocycles. The van der Waals surface area contributed by atoms with Gasteiger partial charge in [-0.15, -0.1) is 0 Å². The number of rotatable bonds is 2. The summed E-state index contributed by atoms with van der Waals surface area (Å²) in [5.41, 5.74) is 5.45. The van der Waals surface area contributed by atoms with Crippen LogP contribution in [0.1, 0.15) is 13.3 Å². The van der Waals surface area contributed by atoms with Crippen LogP contribution in [-0.4, -0.2) is 5.97 Å². The zero-order valence-corrected chi connectivity index (χ0v) is 8.27. The van der Waals surface area contributed by atoms with Crippen molar-refractivity contribution in [3.8, 4) is 5.75 Å². The molecule has 0 saturated carbocycles. The Morgan fingerprint density at radius 3 is 2.86 bits per heavy atom. The van der Waals surface area contributed by atoms with Gasteiger partial charge in [0.15, 0.2) is 11.6 Å². The molecular weight excluding hydrogens is 209 g/mol. The van der Waals surface area contributed by atoms with E-state index < -0.39 is 11.8 Å². The predicted octanol–water partition coefficient (Wildman–Crippen LogP) is 2.38. The van der Waals surface area contributed by atoms with E-state index in [4.69, 9.17) is 17.3 Å². The molecule has 1 aromatic carbocycles. The van der Waals surface area contributed by atoms with E-state index in [2.05, 4.69) is 4.74 Å². The monoisotopic (exact) mass is 217 g/mol. The van der Waals surface area contributed by atoms with Gasteiger partial charge < -0.3 is 10.5 Å². The summed E-state index contributed by atoms with van der Waals surface area (Å²) in [6.07, 6.45) is 0.168. The molecule has 3 nitrogen and oxygen atoms in total. The van der Waals surface area contributed by atoms with Crippen molar-refractivity contribution in [2.45, 2.75) is 13.3 Å². The van der Waals surface area contributed by atoms with E-state index in [0.717, 1.165) is 0 Å². The molecular formula is C9H9ClFNO2. The Hall–Kier alpha value is -1.29. The van der Waals surface area contributed by atoms with Gasteiger partial charge >= 0.3 is 5.97 Å². The minimum Gasteiger partial charge on any atom is -0.423 e. The first-order valence-electron chi connectivity index (χ1n) is 4.00. The maximum absolute atomic E-state index is 13.3. The van der Waals surface area contributed by atoms with Crippen molar-refractivity contribution in [3.63, 3.8) is 0 Å². The second kappa shape index (κ2) is 4.28. The number of halogens is 2. The van der Waals surface area contributed by atoms with Crippen LogP contribution in [-0.2, 0) is 4.79 Å². The highest BCUT2D eigenvalue weighted by Gasteiger charge is 2.13. The highest BCUT2D eigenvalue weighted by Crippen LogP contribution is 2.29. The van der Waals surface area contributed by atoms with Crippen molar-refractivity contribution in [2.75, 3.05) is 5.73 Å². The van der Waals surface area contributed by atoms with Crippen molar-refractivity contribution in [3.05, 3.63) is 23.0 Å². The molecule has 2 N–H and O–H groups in total. The number of anilines is 1. The molecule has 0 radical (unpaired) electrons. The summed E-state index contributed by atoms with van der Waals surface area (Å²) in [5, 5.41) is -0.230. The number of hydrogen-bond donors (Lipinski definition) is 1. The third-order valence-electron chi connectivity index (χ3n) is 1.59. The summed E-state index contributed by atoms with van der Waals surface area (Å²) >= 11 is 5.52. The van der Waals surface area contributed by atoms with Gasteiger partial charge in [0, 0.05) is 6.42 Å². The van der Waals surface area contributed by atoms with E-state index in [-0.39, 0.29) is 22.9 Å². The van der Waals surface area contributed by atoms with E-state index in [1.165, 1.54) is 12.1 Å². The number of hydrogen-bond acceptors (Lipinski definition) is 3. The fourth-order valence-corrected chi connectivity index (χ4v) is 0.976. The molecule has 0 heterocycles. The molecule has 0 aliphatic heterocycles. The Balaban J connectivity index is 3.00. The first-order valence-corrected chi connectivity index (χ1v) is 4.38. The van der Waals surface area contributed by atoms with E-state index in [1.807, 2.05) is 0 Å². The molecule has 0 spiro atoms. The van der Waals surface area contributed by atoms with Crippen molar-refractivity contribution < 1.29 is 13.9 Å². The fourth-order valence-electron chi connectivity index (χ4n) is 0.820. The lowest BCUT2D eigenvalue weighted by Gasteiger charge is -2.06. The average molecular weight is 218 g/mol. The van der Waals surface area contributed by atoms with Crippen LogP contribution in [0.5, 0.6) is 5.75 Å². The minimum absolute atomic E-state index is 0.112. The lowest BCUT2D eigenvalue weighted by atomic mass is 10.3. The highest BCUT2D eigenvalue weighted by molar-refractivity contribution is 6.33. The molecule has 0 saturated heterocycles. The van der Waals surface area contributed by atoms with Crippen LogP contribution < -0.4 is 10.5 Å². The molecule has 0 bridgehead atoms. The average Bonchev–Trinajstić information content (AvgIpc) is 2.19. The third-order valence-corrected chi connectivity index (χ3v) is 1.97. The SMILES string of the molecule is CCC(=O)Oc1ccc(N)c(Cl)c1F. The Labute approximate surface area is 85.6 Å². The van der Waals surface area contributed by atoms with Crippen LogP contribution in [0.2, 0.25) is 5.02 Å². The number of esters is 1. The Kier molecular flexibility index (Phi) is 3.30. The molecule has 0 atom stereocenters. The molecule has 14 heavy (non-hydrogen) atoms. The van der Waals surface area contributed by atoms with Gasteiger partial charge in [-0.2, -0.15) is 0 Å². The molecule has 76 valence electrons. The van der Waals surface area contributed by atoms with Gasteiger partial charge in [-0.05, 0) is 12.1 Å². The third kappa shape index (κ3) is 2.14. The normalized spacial score (nSPS) is 9.93. The maximum atomic E-state index is 13.3. The summed E-state index contributed by atoms with van der Waals surface area (Å²) in [4.78, 5) is 10.9. The molecule has 0 aliphatic carbocycles. The van der Waals surface area contributed by atoms with Gasteiger partial charge in [-0.25, -0.2) is 4.39 Å². The number of ether oxygens (including phenoxy) is 1. The van der Waals surface area contributed by atoms with E-state index in [9.17, 15) is 9.18 Å². The molecule has 0 fully saturated rings. The van der Waals surface area contributed by atoms with Crippen LogP contribution in [0.25, 0.3) is 0 Å². The standard InChI is InChI=1S/C9H9ClFNO2/c1-2-7(13)14-6-4-3-5(12)8(10)9(6)11/h3-4H,2,12H2,1H3. The summed E-state index contributed by atoms with van der Waals surface area (Å²) in [6, 6.07) is 2.65. The van der Waals surface area contributed by atoms with Crippen LogP contribution in [0, 0.1) is 5.82 Å². The summed E-state index contributed by atoms with van der Waals surface area (Å²) in [7, 11) is 0. The maximum Gasteiger partial charge on any atom is 0.310 e. The Bertz CT molecular complexity index is 368. The molecule has 0 unspecified atom stereocenters. The van der Waals surface area contributed by atoms with Gasteiger partial charge in [0.1, 0.15) is 5.02 Å². The van der Waals surface area contributed by atoms with Crippen molar-refractivity contribution in [1.29, 1.82) is 0 Å². The largest absolute Gasteiger partial charge is 0.423 e. The van der Waals surface area contributed by atoms with E-state index in [1.54, 1.807) is 6.92 Å². The van der Waals surface area contributed by atoms with Gasteiger partial charge in [0.25, 0.3) is 0 Å². The van der Waals surface area contributed by atoms with Gasteiger partial charge in [0.05, 0.1) is 5.69 Å². The van der Waals surface area contributed by atoms with Crippen LogP contribution in [0.3, 0.4) is 0 Å². The zero-order chi connectivity index (χ0) is 10.7. The van der Waals surface area contributed by atoms with Crippen molar-refractivity contribution >= 4 is 23.3 Å². The highest BCUT2D eigenvalue weighted by atomic mass is 35.5. The molecule has 1 aromatic rings. The summed E-state index contributed by atoms with van der Waals surface area (Å²) in [5.74, 6) is -1.53. The quantitative estimate of drug-likeness (QED) is 0.470. The lowest BCUT2D eigenvalue weighted by Crippen LogP contribution is -2.07. The van der Waals surface area contributed by atoms with Crippen molar-refractivity contribution in [2.24, 2.45) is 0 Å². The van der Waals surface area contributed by atoms with Crippen LogP contribution >= 0.6 is 11.6 Å². The number of nitrogens with two attached hydrogens (primary N) is 1. The zero-order valence-electron chi connectivity index (χ0n) is 7.51. The predicted molar refractivity (Wildman–Crippen MR) is 51.7 cm³/mol. The first kappa shape index (κ1) is 10.8. The first-order chi connectivity index (χ1) is 6.56. The number of nitrogen functional groups attached to an aromatic ring is 1. The van der Waals surface area contributed by atoms with Gasteiger partial charge in [0.2, 0.25) is 0 Å². The topological polar surface area (TPSA) is 52.3 Å². The van der Waals surface area contributed by atoms with E-state index in [0.29, 0.717) is 0 Å². The molecule has 0 aliphatic rings. The second-order valence-corrected chi connectivity index (χ2v) is 2.99. The minimum atomic E-state index is -0.812. The van der Waals surface area contributed by atoms with Crippen LogP contribution in [0.4, 0.5) is 10.1 Å². The number of benzene rings is 1. The van der Waals surface area contributed by atoms with Crippen LogP contribution in [0.15, 0.2) is 12.1 Å².